The first-order chi connectivity index (χ1) is 13.3. The first kappa shape index (κ1) is 18.7. The SMILES string of the molecule is CC(C)(C)c1ccc(Cn2nc3c(=O)n(C4CCCCC4)ccn3c2=O)cc1. The van der Waals surface area contributed by atoms with Crippen LogP contribution in [0.15, 0.2) is 46.2 Å². The molecule has 148 valence electrons. The smallest absolute Gasteiger partial charge is 0.308 e. The van der Waals surface area contributed by atoms with Crippen LogP contribution in [0.3, 0.4) is 0 Å². The molecular weight excluding hydrogens is 352 g/mol. The maximum absolute atomic E-state index is 12.9. The molecule has 0 N–H and O–H groups in total. The van der Waals surface area contributed by atoms with Crippen LogP contribution in [-0.4, -0.2) is 18.7 Å². The number of hydrogen-bond donors (Lipinski definition) is 0. The highest BCUT2D eigenvalue weighted by Crippen LogP contribution is 2.26. The number of hydrogen-bond acceptors (Lipinski definition) is 3. The van der Waals surface area contributed by atoms with Crippen molar-refractivity contribution in [1.29, 1.82) is 0 Å². The molecule has 6 nitrogen and oxygen atoms in total. The number of aromatic nitrogens is 4. The third-order valence-corrected chi connectivity index (χ3v) is 5.79. The zero-order valence-electron chi connectivity index (χ0n) is 16.9. The summed E-state index contributed by atoms with van der Waals surface area (Å²) in [5.74, 6) is 0. The number of rotatable bonds is 3. The van der Waals surface area contributed by atoms with E-state index in [1.807, 2.05) is 12.1 Å². The van der Waals surface area contributed by atoms with E-state index < -0.39 is 0 Å². The van der Waals surface area contributed by atoms with E-state index in [4.69, 9.17) is 0 Å². The third kappa shape index (κ3) is 3.43. The van der Waals surface area contributed by atoms with Gasteiger partial charge in [-0.25, -0.2) is 13.9 Å². The summed E-state index contributed by atoms with van der Waals surface area (Å²) in [4.78, 5) is 25.6. The molecule has 1 aliphatic rings. The summed E-state index contributed by atoms with van der Waals surface area (Å²) < 4.78 is 4.52. The van der Waals surface area contributed by atoms with Gasteiger partial charge in [0.1, 0.15) is 0 Å². The molecule has 0 bridgehead atoms. The number of fused-ring (bicyclic) bond motifs is 1. The Balaban J connectivity index is 1.67. The van der Waals surface area contributed by atoms with Crippen LogP contribution in [0.1, 0.15) is 70.0 Å². The molecule has 2 aromatic heterocycles. The lowest BCUT2D eigenvalue weighted by atomic mass is 9.87. The second-order valence-electron chi connectivity index (χ2n) is 8.88. The summed E-state index contributed by atoms with van der Waals surface area (Å²) in [5, 5.41) is 4.37. The van der Waals surface area contributed by atoms with E-state index in [0.29, 0.717) is 6.54 Å². The van der Waals surface area contributed by atoms with Gasteiger partial charge in [-0.2, -0.15) is 0 Å². The van der Waals surface area contributed by atoms with Crippen LogP contribution in [0.2, 0.25) is 0 Å². The summed E-state index contributed by atoms with van der Waals surface area (Å²) >= 11 is 0. The molecular formula is C22H28N4O2. The molecule has 1 fully saturated rings. The molecule has 0 radical (unpaired) electrons. The average Bonchev–Trinajstić information content (AvgIpc) is 2.99. The summed E-state index contributed by atoms with van der Waals surface area (Å²) in [6.45, 7) is 6.87. The van der Waals surface area contributed by atoms with Gasteiger partial charge in [-0.1, -0.05) is 64.3 Å². The van der Waals surface area contributed by atoms with Crippen molar-refractivity contribution < 1.29 is 0 Å². The second kappa shape index (κ2) is 7.08. The van der Waals surface area contributed by atoms with Gasteiger partial charge in [0.15, 0.2) is 0 Å². The van der Waals surface area contributed by atoms with Crippen molar-refractivity contribution in [2.45, 2.75) is 70.9 Å². The van der Waals surface area contributed by atoms with Gasteiger partial charge in [0.25, 0.3) is 5.56 Å². The minimum atomic E-state index is -0.275. The van der Waals surface area contributed by atoms with Crippen molar-refractivity contribution in [1.82, 2.24) is 18.7 Å². The van der Waals surface area contributed by atoms with E-state index in [1.54, 1.807) is 17.0 Å². The molecule has 4 rings (SSSR count). The largest absolute Gasteiger partial charge is 0.350 e. The van der Waals surface area contributed by atoms with Crippen LogP contribution in [0.5, 0.6) is 0 Å². The van der Waals surface area contributed by atoms with Crippen molar-refractivity contribution in [2.75, 3.05) is 0 Å². The maximum atomic E-state index is 12.9. The molecule has 0 unspecified atom stereocenters. The molecule has 3 aromatic rings. The predicted octanol–water partition coefficient (Wildman–Crippen LogP) is 3.51. The second-order valence-corrected chi connectivity index (χ2v) is 8.88. The molecule has 1 aromatic carbocycles. The normalized spacial score (nSPS) is 16.0. The predicted molar refractivity (Wildman–Crippen MR) is 110 cm³/mol. The Morgan fingerprint density at radius 2 is 1.68 bits per heavy atom. The third-order valence-electron chi connectivity index (χ3n) is 5.79. The topological polar surface area (TPSA) is 61.3 Å². The zero-order valence-corrected chi connectivity index (χ0v) is 16.9. The lowest BCUT2D eigenvalue weighted by Gasteiger charge is -2.23. The van der Waals surface area contributed by atoms with E-state index in [9.17, 15) is 9.59 Å². The molecule has 0 spiro atoms. The monoisotopic (exact) mass is 380 g/mol. The molecule has 0 aliphatic heterocycles. The molecule has 0 saturated heterocycles. The van der Waals surface area contributed by atoms with Crippen LogP contribution in [0.25, 0.3) is 5.65 Å². The van der Waals surface area contributed by atoms with Gasteiger partial charge in [0.05, 0.1) is 6.54 Å². The fourth-order valence-corrected chi connectivity index (χ4v) is 4.05. The van der Waals surface area contributed by atoms with Crippen molar-refractivity contribution in [3.05, 3.63) is 68.6 Å². The number of nitrogens with zero attached hydrogens (tertiary/aromatic N) is 4. The Labute approximate surface area is 164 Å². The maximum Gasteiger partial charge on any atom is 0.350 e. The Morgan fingerprint density at radius 3 is 2.32 bits per heavy atom. The van der Waals surface area contributed by atoms with Crippen LogP contribution >= 0.6 is 0 Å². The highest BCUT2D eigenvalue weighted by Gasteiger charge is 2.19. The average molecular weight is 380 g/mol. The Morgan fingerprint density at radius 1 is 1.00 bits per heavy atom. The minimum absolute atomic E-state index is 0.0860. The zero-order chi connectivity index (χ0) is 19.9. The van der Waals surface area contributed by atoms with Gasteiger partial charge in [-0.05, 0) is 29.4 Å². The standard InChI is InChI=1S/C22H28N4O2/c1-22(2,3)17-11-9-16(10-12-17)15-26-21(28)25-14-13-24(20(27)19(25)23-26)18-7-5-4-6-8-18/h9-14,18H,4-8,15H2,1-3H3. The van der Waals surface area contributed by atoms with Gasteiger partial charge in [-0.15, -0.1) is 5.10 Å². The van der Waals surface area contributed by atoms with Crippen LogP contribution in [-0.2, 0) is 12.0 Å². The Hall–Kier alpha value is -2.63. The molecule has 28 heavy (non-hydrogen) atoms. The molecule has 6 heteroatoms. The van der Waals surface area contributed by atoms with Gasteiger partial charge in [0.2, 0.25) is 5.65 Å². The van der Waals surface area contributed by atoms with Crippen molar-refractivity contribution in [3.8, 4) is 0 Å². The molecule has 0 amide bonds. The Kier molecular flexibility index (Phi) is 4.73. The highest BCUT2D eigenvalue weighted by molar-refractivity contribution is 5.34. The summed E-state index contributed by atoms with van der Waals surface area (Å²) in [5.41, 5.74) is 2.09. The minimum Gasteiger partial charge on any atom is -0.308 e. The molecule has 2 heterocycles. The van der Waals surface area contributed by atoms with Gasteiger partial charge in [-0.3, -0.25) is 4.79 Å². The van der Waals surface area contributed by atoms with Crippen molar-refractivity contribution in [2.24, 2.45) is 0 Å². The number of benzene rings is 1. The lowest BCUT2D eigenvalue weighted by Crippen LogP contribution is -2.28. The molecule has 1 aliphatic carbocycles. The van der Waals surface area contributed by atoms with Crippen LogP contribution in [0.4, 0.5) is 0 Å². The molecule has 1 saturated carbocycles. The van der Waals surface area contributed by atoms with Crippen LogP contribution < -0.4 is 11.2 Å². The quantitative estimate of drug-likeness (QED) is 0.699. The van der Waals surface area contributed by atoms with E-state index in [0.717, 1.165) is 31.2 Å². The fourth-order valence-electron chi connectivity index (χ4n) is 4.05. The van der Waals surface area contributed by atoms with E-state index in [1.165, 1.54) is 21.1 Å². The van der Waals surface area contributed by atoms with Gasteiger partial charge >= 0.3 is 5.69 Å². The summed E-state index contributed by atoms with van der Waals surface area (Å²) in [6, 6.07) is 8.45. The van der Waals surface area contributed by atoms with E-state index in [2.05, 4.69) is 38.0 Å². The van der Waals surface area contributed by atoms with Gasteiger partial charge in [0, 0.05) is 18.4 Å². The highest BCUT2D eigenvalue weighted by atomic mass is 16.2. The van der Waals surface area contributed by atoms with E-state index in [-0.39, 0.29) is 28.4 Å². The summed E-state index contributed by atoms with van der Waals surface area (Å²) in [6.07, 6.45) is 8.98. The van der Waals surface area contributed by atoms with Crippen LogP contribution in [0, 0.1) is 0 Å². The fraction of sp³-hybridized carbons (Fsp3) is 0.500. The van der Waals surface area contributed by atoms with E-state index >= 15 is 0 Å². The lowest BCUT2D eigenvalue weighted by molar-refractivity contribution is 0.346. The first-order valence-corrected chi connectivity index (χ1v) is 10.1. The Bertz CT molecular complexity index is 1090. The van der Waals surface area contributed by atoms with Gasteiger partial charge < -0.3 is 4.57 Å². The molecule has 0 atom stereocenters. The summed E-state index contributed by atoms with van der Waals surface area (Å²) in [7, 11) is 0. The first-order valence-electron chi connectivity index (χ1n) is 10.1. The van der Waals surface area contributed by atoms with Crippen molar-refractivity contribution >= 4 is 5.65 Å². The van der Waals surface area contributed by atoms with Crippen molar-refractivity contribution in [3.63, 3.8) is 0 Å².